The van der Waals surface area contributed by atoms with Crippen molar-refractivity contribution in [2.45, 2.75) is 6.18 Å². The van der Waals surface area contributed by atoms with Crippen molar-refractivity contribution in [3.8, 4) is 11.5 Å². The molecule has 112 valence electrons. The minimum atomic E-state index is -4.36. The maximum absolute atomic E-state index is 12.5. The van der Waals surface area contributed by atoms with Crippen LogP contribution in [0.4, 0.5) is 24.7 Å². The molecule has 0 amide bonds. The Labute approximate surface area is 122 Å². The zero-order chi connectivity index (χ0) is 15.6. The van der Waals surface area contributed by atoms with Gasteiger partial charge in [0.15, 0.2) is 0 Å². The highest BCUT2D eigenvalue weighted by Gasteiger charge is 2.29. The number of nitrogens with zero attached hydrogens (tertiary/aromatic N) is 3. The monoisotopic (exact) mass is 306 g/mol. The summed E-state index contributed by atoms with van der Waals surface area (Å²) < 4.78 is 42.7. The second-order valence-corrected chi connectivity index (χ2v) is 4.34. The molecule has 0 aliphatic heterocycles. The fourth-order valence-electron chi connectivity index (χ4n) is 1.85. The summed E-state index contributed by atoms with van der Waals surface area (Å²) in [6.45, 7) is 0. The van der Waals surface area contributed by atoms with E-state index >= 15 is 0 Å². The van der Waals surface area contributed by atoms with Crippen molar-refractivity contribution in [2.75, 3.05) is 5.32 Å². The zero-order valence-electron chi connectivity index (χ0n) is 11.0. The van der Waals surface area contributed by atoms with E-state index in [9.17, 15) is 13.2 Å². The molecule has 22 heavy (non-hydrogen) atoms. The Morgan fingerprint density at radius 1 is 1.05 bits per heavy atom. The highest BCUT2D eigenvalue weighted by atomic mass is 19.4. The van der Waals surface area contributed by atoms with Gasteiger partial charge in [-0.05, 0) is 36.4 Å². The van der Waals surface area contributed by atoms with Crippen LogP contribution in [0.3, 0.4) is 0 Å². The molecule has 0 aliphatic rings. The molecule has 0 spiro atoms. The van der Waals surface area contributed by atoms with Gasteiger partial charge in [-0.25, -0.2) is 4.98 Å². The van der Waals surface area contributed by atoms with Crippen molar-refractivity contribution < 1.29 is 17.6 Å². The number of benzene rings is 1. The highest BCUT2D eigenvalue weighted by Crippen LogP contribution is 2.31. The van der Waals surface area contributed by atoms with Crippen LogP contribution in [0.5, 0.6) is 0 Å². The lowest BCUT2D eigenvalue weighted by Gasteiger charge is -2.10. The lowest BCUT2D eigenvalue weighted by Crippen LogP contribution is -2.04. The van der Waals surface area contributed by atoms with Gasteiger partial charge in [0, 0.05) is 11.9 Å². The molecule has 0 saturated heterocycles. The van der Waals surface area contributed by atoms with E-state index in [4.69, 9.17) is 4.42 Å². The van der Waals surface area contributed by atoms with E-state index in [1.54, 1.807) is 18.3 Å². The minimum Gasteiger partial charge on any atom is -0.423 e. The first kappa shape index (κ1) is 14.1. The van der Waals surface area contributed by atoms with Gasteiger partial charge in [0.1, 0.15) is 5.82 Å². The molecule has 0 saturated carbocycles. The third-order valence-electron chi connectivity index (χ3n) is 2.87. The number of pyridine rings is 1. The van der Waals surface area contributed by atoms with Crippen LogP contribution in [0.15, 0.2) is 53.4 Å². The molecular formula is C14H9F3N4O. The Bertz CT molecular complexity index is 755. The summed E-state index contributed by atoms with van der Waals surface area (Å²) >= 11 is 0. The molecule has 0 radical (unpaired) electrons. The normalized spacial score (nSPS) is 11.4. The van der Waals surface area contributed by atoms with Gasteiger partial charge in [-0.2, -0.15) is 13.2 Å². The van der Waals surface area contributed by atoms with E-state index in [1.807, 2.05) is 0 Å². The molecule has 0 bridgehead atoms. The van der Waals surface area contributed by atoms with Gasteiger partial charge in [-0.1, -0.05) is 0 Å². The summed E-state index contributed by atoms with van der Waals surface area (Å²) in [6.07, 6.45) is -1.63. The number of anilines is 2. The first-order valence-corrected chi connectivity index (χ1v) is 6.20. The maximum atomic E-state index is 12.5. The van der Waals surface area contributed by atoms with Crippen LogP contribution in [-0.2, 0) is 6.18 Å². The van der Waals surface area contributed by atoms with Crippen molar-refractivity contribution in [1.29, 1.82) is 0 Å². The van der Waals surface area contributed by atoms with Gasteiger partial charge in [0.2, 0.25) is 6.39 Å². The van der Waals surface area contributed by atoms with E-state index in [0.29, 0.717) is 17.1 Å². The van der Waals surface area contributed by atoms with Crippen LogP contribution < -0.4 is 5.32 Å². The number of halogens is 3. The van der Waals surface area contributed by atoms with Crippen LogP contribution in [0.1, 0.15) is 5.56 Å². The van der Waals surface area contributed by atoms with Gasteiger partial charge in [-0.15, -0.1) is 10.2 Å². The Hall–Kier alpha value is -2.90. The van der Waals surface area contributed by atoms with Crippen LogP contribution in [0.25, 0.3) is 11.5 Å². The standard InChI is InChI=1S/C14H9F3N4O/c15-14(16,17)9-3-5-10(6-4-9)20-12-11(2-1-7-18-12)13-21-19-8-22-13/h1-8H,(H,18,20). The Balaban J connectivity index is 1.88. The number of rotatable bonds is 3. The summed E-state index contributed by atoms with van der Waals surface area (Å²) in [5.74, 6) is 0.675. The van der Waals surface area contributed by atoms with Crippen LogP contribution in [-0.4, -0.2) is 15.2 Å². The predicted molar refractivity (Wildman–Crippen MR) is 72.3 cm³/mol. The van der Waals surface area contributed by atoms with Crippen LogP contribution in [0.2, 0.25) is 0 Å². The fraction of sp³-hybridized carbons (Fsp3) is 0.0714. The van der Waals surface area contributed by atoms with Crippen molar-refractivity contribution in [3.63, 3.8) is 0 Å². The number of hydrogen-bond donors (Lipinski definition) is 1. The summed E-state index contributed by atoms with van der Waals surface area (Å²) in [4.78, 5) is 4.14. The Morgan fingerprint density at radius 2 is 1.82 bits per heavy atom. The highest BCUT2D eigenvalue weighted by molar-refractivity contribution is 5.73. The number of alkyl halides is 3. The van der Waals surface area contributed by atoms with E-state index < -0.39 is 11.7 Å². The first-order chi connectivity index (χ1) is 10.5. The molecular weight excluding hydrogens is 297 g/mol. The maximum Gasteiger partial charge on any atom is 0.416 e. The van der Waals surface area contributed by atoms with Crippen LogP contribution >= 0.6 is 0 Å². The second-order valence-electron chi connectivity index (χ2n) is 4.34. The van der Waals surface area contributed by atoms with E-state index in [1.165, 1.54) is 18.5 Å². The molecule has 1 aromatic carbocycles. The lowest BCUT2D eigenvalue weighted by molar-refractivity contribution is -0.137. The smallest absolute Gasteiger partial charge is 0.416 e. The molecule has 2 aromatic heterocycles. The predicted octanol–water partition coefficient (Wildman–Crippen LogP) is 3.89. The SMILES string of the molecule is FC(F)(F)c1ccc(Nc2ncccc2-c2nnco2)cc1. The average Bonchev–Trinajstić information content (AvgIpc) is 3.01. The van der Waals surface area contributed by atoms with E-state index in [-0.39, 0.29) is 5.89 Å². The minimum absolute atomic E-state index is 0.266. The average molecular weight is 306 g/mol. The summed E-state index contributed by atoms with van der Waals surface area (Å²) in [5, 5.41) is 10.3. The Kier molecular flexibility index (Phi) is 3.50. The molecule has 8 heteroatoms. The number of hydrogen-bond acceptors (Lipinski definition) is 5. The largest absolute Gasteiger partial charge is 0.423 e. The third kappa shape index (κ3) is 2.90. The third-order valence-corrected chi connectivity index (χ3v) is 2.87. The number of aromatic nitrogens is 3. The number of nitrogens with one attached hydrogen (secondary N) is 1. The second kappa shape index (κ2) is 5.47. The van der Waals surface area contributed by atoms with Crippen molar-refractivity contribution in [1.82, 2.24) is 15.2 Å². The molecule has 5 nitrogen and oxygen atoms in total. The molecule has 0 aliphatic carbocycles. The van der Waals surface area contributed by atoms with Gasteiger partial charge in [0.25, 0.3) is 5.89 Å². The van der Waals surface area contributed by atoms with Crippen molar-refractivity contribution >= 4 is 11.5 Å². The summed E-state index contributed by atoms with van der Waals surface area (Å²) in [5.41, 5.74) is 0.309. The Morgan fingerprint density at radius 3 is 2.45 bits per heavy atom. The van der Waals surface area contributed by atoms with Gasteiger partial charge in [-0.3, -0.25) is 0 Å². The molecule has 0 fully saturated rings. The van der Waals surface area contributed by atoms with Gasteiger partial charge >= 0.3 is 6.18 Å². The van der Waals surface area contributed by atoms with Crippen molar-refractivity contribution in [3.05, 3.63) is 54.6 Å². The summed E-state index contributed by atoms with van der Waals surface area (Å²) in [6, 6.07) is 8.06. The molecule has 3 aromatic rings. The molecule has 0 atom stereocenters. The molecule has 1 N–H and O–H groups in total. The van der Waals surface area contributed by atoms with Crippen LogP contribution in [0, 0.1) is 0 Å². The molecule has 0 unspecified atom stereocenters. The van der Waals surface area contributed by atoms with E-state index in [2.05, 4.69) is 20.5 Å². The van der Waals surface area contributed by atoms with Crippen molar-refractivity contribution in [2.24, 2.45) is 0 Å². The zero-order valence-corrected chi connectivity index (χ0v) is 11.0. The summed E-state index contributed by atoms with van der Waals surface area (Å²) in [7, 11) is 0. The van der Waals surface area contributed by atoms with E-state index in [0.717, 1.165) is 12.1 Å². The molecule has 3 rings (SSSR count). The first-order valence-electron chi connectivity index (χ1n) is 6.20. The topological polar surface area (TPSA) is 63.8 Å². The van der Waals surface area contributed by atoms with Gasteiger partial charge in [0.05, 0.1) is 11.1 Å². The fourth-order valence-corrected chi connectivity index (χ4v) is 1.85. The quantitative estimate of drug-likeness (QED) is 0.795. The molecule has 2 heterocycles. The lowest BCUT2D eigenvalue weighted by atomic mass is 10.2. The van der Waals surface area contributed by atoms with Gasteiger partial charge < -0.3 is 9.73 Å².